The fourth-order valence-electron chi connectivity index (χ4n) is 3.08. The second kappa shape index (κ2) is 5.60. The molecule has 0 spiro atoms. The first kappa shape index (κ1) is 14.3. The molecular weight excluding hydrogens is 267 g/mol. The van der Waals surface area contributed by atoms with E-state index in [0.717, 1.165) is 36.9 Å². The average molecular weight is 288 g/mol. The van der Waals surface area contributed by atoms with Gasteiger partial charge in [-0.25, -0.2) is 9.37 Å². The maximum Gasteiger partial charge on any atom is 0.208 e. The third kappa shape index (κ3) is 3.00. The van der Waals surface area contributed by atoms with Crippen LogP contribution in [0, 0.1) is 19.7 Å². The summed E-state index contributed by atoms with van der Waals surface area (Å²) in [6.07, 6.45) is 1.09. The van der Waals surface area contributed by atoms with Crippen LogP contribution in [0.15, 0.2) is 28.7 Å². The Labute approximate surface area is 124 Å². The molecule has 112 valence electrons. The lowest BCUT2D eigenvalue weighted by molar-refractivity contribution is 0.231. The highest BCUT2D eigenvalue weighted by molar-refractivity contribution is 5.22. The lowest BCUT2D eigenvalue weighted by atomic mass is 9.97. The summed E-state index contributed by atoms with van der Waals surface area (Å²) in [5.41, 5.74) is 2.18. The molecule has 1 aliphatic rings. The van der Waals surface area contributed by atoms with Gasteiger partial charge in [-0.3, -0.25) is 4.90 Å². The number of benzene rings is 1. The number of oxazole rings is 1. The van der Waals surface area contributed by atoms with E-state index < -0.39 is 0 Å². The highest BCUT2D eigenvalue weighted by Gasteiger charge is 2.30. The molecule has 1 aromatic heterocycles. The quantitative estimate of drug-likeness (QED) is 0.860. The van der Waals surface area contributed by atoms with E-state index in [0.29, 0.717) is 12.0 Å². The third-order valence-corrected chi connectivity index (χ3v) is 4.46. The standard InChI is InChI=1S/C17H21FN2O/c1-11-8-15(14-4-6-16(18)7-5-14)9-20(11)10-17-19-12(2)13(3)21-17/h4-7,11,15H,8-10H2,1-3H3. The molecule has 4 heteroatoms. The fraction of sp³-hybridized carbons (Fsp3) is 0.471. The molecule has 2 heterocycles. The zero-order valence-electron chi connectivity index (χ0n) is 12.8. The van der Waals surface area contributed by atoms with Crippen molar-refractivity contribution in [2.75, 3.05) is 6.54 Å². The van der Waals surface area contributed by atoms with Gasteiger partial charge in [-0.05, 0) is 50.8 Å². The lowest BCUT2D eigenvalue weighted by Gasteiger charge is -2.18. The first-order chi connectivity index (χ1) is 10.0. The van der Waals surface area contributed by atoms with E-state index in [1.54, 1.807) is 12.1 Å². The van der Waals surface area contributed by atoms with Crippen LogP contribution in [-0.4, -0.2) is 22.5 Å². The zero-order chi connectivity index (χ0) is 15.0. The largest absolute Gasteiger partial charge is 0.444 e. The van der Waals surface area contributed by atoms with E-state index in [1.165, 1.54) is 5.56 Å². The highest BCUT2D eigenvalue weighted by atomic mass is 19.1. The van der Waals surface area contributed by atoms with Crippen molar-refractivity contribution >= 4 is 0 Å². The van der Waals surface area contributed by atoms with Gasteiger partial charge in [-0.1, -0.05) is 12.1 Å². The monoisotopic (exact) mass is 288 g/mol. The van der Waals surface area contributed by atoms with Crippen molar-refractivity contribution < 1.29 is 8.81 Å². The molecule has 3 rings (SSSR count). The summed E-state index contributed by atoms with van der Waals surface area (Å²) in [5.74, 6) is 1.97. The van der Waals surface area contributed by atoms with Gasteiger partial charge < -0.3 is 4.42 Å². The number of likely N-dealkylation sites (tertiary alicyclic amines) is 1. The molecule has 0 amide bonds. The molecule has 2 atom stereocenters. The van der Waals surface area contributed by atoms with Crippen molar-refractivity contribution in [3.8, 4) is 0 Å². The number of halogens is 1. The minimum atomic E-state index is -0.174. The van der Waals surface area contributed by atoms with E-state index in [9.17, 15) is 4.39 Å². The minimum absolute atomic E-state index is 0.174. The number of hydrogen-bond donors (Lipinski definition) is 0. The molecule has 0 aliphatic carbocycles. The van der Waals surface area contributed by atoms with Crippen molar-refractivity contribution in [3.63, 3.8) is 0 Å². The van der Waals surface area contributed by atoms with E-state index in [4.69, 9.17) is 4.42 Å². The van der Waals surface area contributed by atoms with Crippen molar-refractivity contribution in [1.82, 2.24) is 9.88 Å². The SMILES string of the molecule is Cc1nc(CN2CC(c3ccc(F)cc3)CC2C)oc1C. The topological polar surface area (TPSA) is 29.3 Å². The highest BCUT2D eigenvalue weighted by Crippen LogP contribution is 2.32. The molecule has 0 saturated carbocycles. The van der Waals surface area contributed by atoms with Crippen LogP contribution < -0.4 is 0 Å². The van der Waals surface area contributed by atoms with Crippen LogP contribution in [0.25, 0.3) is 0 Å². The summed E-state index contributed by atoms with van der Waals surface area (Å²) in [7, 11) is 0. The van der Waals surface area contributed by atoms with Crippen LogP contribution >= 0.6 is 0 Å². The van der Waals surface area contributed by atoms with E-state index in [-0.39, 0.29) is 5.82 Å². The summed E-state index contributed by atoms with van der Waals surface area (Å²) in [6, 6.07) is 7.37. The average Bonchev–Trinajstić information content (AvgIpc) is 2.95. The summed E-state index contributed by atoms with van der Waals surface area (Å²) >= 11 is 0. The van der Waals surface area contributed by atoms with Crippen LogP contribution in [0.4, 0.5) is 4.39 Å². The second-order valence-corrected chi connectivity index (χ2v) is 6.01. The molecular formula is C17H21FN2O. The van der Waals surface area contributed by atoms with Crippen molar-refractivity contribution in [1.29, 1.82) is 0 Å². The Morgan fingerprint density at radius 2 is 2.00 bits per heavy atom. The summed E-state index contributed by atoms with van der Waals surface area (Å²) < 4.78 is 18.7. The van der Waals surface area contributed by atoms with Gasteiger partial charge in [0.2, 0.25) is 5.89 Å². The summed E-state index contributed by atoms with van der Waals surface area (Å²) in [5, 5.41) is 0. The smallest absolute Gasteiger partial charge is 0.208 e. The van der Waals surface area contributed by atoms with Gasteiger partial charge in [-0.2, -0.15) is 0 Å². The summed E-state index contributed by atoms with van der Waals surface area (Å²) in [6.45, 7) is 7.85. The Morgan fingerprint density at radius 3 is 2.62 bits per heavy atom. The molecule has 0 N–H and O–H groups in total. The number of hydrogen-bond acceptors (Lipinski definition) is 3. The van der Waals surface area contributed by atoms with Gasteiger partial charge in [-0.15, -0.1) is 0 Å². The fourth-order valence-corrected chi connectivity index (χ4v) is 3.08. The van der Waals surface area contributed by atoms with E-state index in [2.05, 4.69) is 16.8 Å². The van der Waals surface area contributed by atoms with Crippen molar-refractivity contribution in [3.05, 3.63) is 53.0 Å². The van der Waals surface area contributed by atoms with Gasteiger partial charge >= 0.3 is 0 Å². The number of rotatable bonds is 3. The maximum atomic E-state index is 13.0. The van der Waals surface area contributed by atoms with Crippen molar-refractivity contribution in [2.24, 2.45) is 0 Å². The number of aryl methyl sites for hydroxylation is 2. The van der Waals surface area contributed by atoms with Gasteiger partial charge in [0.05, 0.1) is 12.2 Å². The molecule has 2 aromatic rings. The van der Waals surface area contributed by atoms with Gasteiger partial charge in [0.15, 0.2) is 0 Å². The maximum absolute atomic E-state index is 13.0. The molecule has 0 radical (unpaired) electrons. The Morgan fingerprint density at radius 1 is 1.29 bits per heavy atom. The predicted molar refractivity (Wildman–Crippen MR) is 79.6 cm³/mol. The Hall–Kier alpha value is -1.68. The van der Waals surface area contributed by atoms with Gasteiger partial charge in [0, 0.05) is 12.6 Å². The normalized spacial score (nSPS) is 22.9. The van der Waals surface area contributed by atoms with Crippen LogP contribution in [-0.2, 0) is 6.54 Å². The Bertz CT molecular complexity index is 601. The first-order valence-corrected chi connectivity index (χ1v) is 7.45. The Kier molecular flexibility index (Phi) is 3.81. The van der Waals surface area contributed by atoms with Crippen LogP contribution in [0.5, 0.6) is 0 Å². The third-order valence-electron chi connectivity index (χ3n) is 4.46. The molecule has 21 heavy (non-hydrogen) atoms. The Balaban J connectivity index is 1.69. The number of nitrogens with zero attached hydrogens (tertiary/aromatic N) is 2. The molecule has 1 aromatic carbocycles. The lowest BCUT2D eigenvalue weighted by Crippen LogP contribution is -2.26. The molecule has 3 nitrogen and oxygen atoms in total. The molecule has 1 fully saturated rings. The van der Waals surface area contributed by atoms with E-state index in [1.807, 2.05) is 26.0 Å². The van der Waals surface area contributed by atoms with Crippen LogP contribution in [0.1, 0.15) is 42.2 Å². The molecule has 1 aliphatic heterocycles. The zero-order valence-corrected chi connectivity index (χ0v) is 12.8. The molecule has 0 bridgehead atoms. The van der Waals surface area contributed by atoms with Crippen molar-refractivity contribution in [2.45, 2.75) is 45.7 Å². The van der Waals surface area contributed by atoms with Gasteiger partial charge in [0.25, 0.3) is 0 Å². The van der Waals surface area contributed by atoms with Gasteiger partial charge in [0.1, 0.15) is 11.6 Å². The first-order valence-electron chi connectivity index (χ1n) is 7.45. The van der Waals surface area contributed by atoms with Crippen LogP contribution in [0.2, 0.25) is 0 Å². The molecule has 2 unspecified atom stereocenters. The molecule has 1 saturated heterocycles. The minimum Gasteiger partial charge on any atom is -0.444 e. The predicted octanol–water partition coefficient (Wildman–Crippen LogP) is 3.81. The van der Waals surface area contributed by atoms with Crippen LogP contribution in [0.3, 0.4) is 0 Å². The second-order valence-electron chi connectivity index (χ2n) is 6.01. The summed E-state index contributed by atoms with van der Waals surface area (Å²) in [4.78, 5) is 6.85. The van der Waals surface area contributed by atoms with E-state index >= 15 is 0 Å². The number of aromatic nitrogens is 1.